The molecule has 2 saturated heterocycles. The van der Waals surface area contributed by atoms with Gasteiger partial charge in [-0.05, 0) is 26.3 Å². The summed E-state index contributed by atoms with van der Waals surface area (Å²) in [5, 5.41) is 0. The number of ether oxygens (including phenoxy) is 2. The fourth-order valence-corrected chi connectivity index (χ4v) is 2.95. The van der Waals surface area contributed by atoms with Crippen LogP contribution in [-0.2, 0) is 14.3 Å². The third kappa shape index (κ3) is 3.06. The number of likely N-dealkylation sites (N-methyl/N-ethyl adjacent to an activating group) is 1. The molecule has 0 aromatic heterocycles. The Kier molecular flexibility index (Phi) is 4.54. The van der Waals surface area contributed by atoms with Crippen LogP contribution in [0.2, 0.25) is 0 Å². The minimum Gasteiger partial charge on any atom is -0.385 e. The standard InChI is InChI=1S/C13H23NO3/c1-14-11-6-10(7-12(14)9-17-8-11)13(15)4-3-5-16-2/h10-12H,3-9H2,1-2H3. The summed E-state index contributed by atoms with van der Waals surface area (Å²) in [6.07, 6.45) is 3.47. The summed E-state index contributed by atoms with van der Waals surface area (Å²) in [7, 11) is 3.84. The van der Waals surface area contributed by atoms with E-state index >= 15 is 0 Å². The number of carbonyl (C=O) groups excluding carboxylic acids is 1. The van der Waals surface area contributed by atoms with Crippen molar-refractivity contribution in [3.8, 4) is 0 Å². The van der Waals surface area contributed by atoms with E-state index in [9.17, 15) is 4.79 Å². The third-order valence-electron chi connectivity index (χ3n) is 4.11. The average Bonchev–Trinajstić information content (AvgIpc) is 2.28. The molecule has 0 spiro atoms. The maximum atomic E-state index is 12.1. The SMILES string of the molecule is COCCCC(=O)C1CC2COCC(C1)N2C. The highest BCUT2D eigenvalue weighted by Crippen LogP contribution is 2.31. The predicted octanol–water partition coefficient (Wildman–Crippen LogP) is 1.09. The molecule has 0 saturated carbocycles. The van der Waals surface area contributed by atoms with E-state index in [1.807, 2.05) is 0 Å². The van der Waals surface area contributed by atoms with Crippen molar-refractivity contribution in [3.05, 3.63) is 0 Å². The number of fused-ring (bicyclic) bond motifs is 2. The Labute approximate surface area is 103 Å². The highest BCUT2D eigenvalue weighted by atomic mass is 16.5. The van der Waals surface area contributed by atoms with Crippen LogP contribution in [0.4, 0.5) is 0 Å². The van der Waals surface area contributed by atoms with E-state index in [4.69, 9.17) is 9.47 Å². The summed E-state index contributed by atoms with van der Waals surface area (Å²) in [4.78, 5) is 14.5. The minimum absolute atomic E-state index is 0.252. The number of hydrogen-bond donors (Lipinski definition) is 0. The monoisotopic (exact) mass is 241 g/mol. The molecule has 2 heterocycles. The highest BCUT2D eigenvalue weighted by molar-refractivity contribution is 5.81. The van der Waals surface area contributed by atoms with E-state index in [-0.39, 0.29) is 5.92 Å². The van der Waals surface area contributed by atoms with Crippen LogP contribution in [0.5, 0.6) is 0 Å². The van der Waals surface area contributed by atoms with Gasteiger partial charge in [-0.25, -0.2) is 0 Å². The van der Waals surface area contributed by atoms with Crippen LogP contribution in [0.15, 0.2) is 0 Å². The zero-order valence-electron chi connectivity index (χ0n) is 10.9. The number of piperidine rings is 1. The van der Waals surface area contributed by atoms with Crippen molar-refractivity contribution in [2.75, 3.05) is 34.0 Å². The number of hydrogen-bond acceptors (Lipinski definition) is 4. The number of nitrogens with zero attached hydrogens (tertiary/aromatic N) is 1. The second-order valence-corrected chi connectivity index (χ2v) is 5.24. The van der Waals surface area contributed by atoms with Gasteiger partial charge in [0.2, 0.25) is 0 Å². The lowest BCUT2D eigenvalue weighted by Crippen LogP contribution is -2.55. The summed E-state index contributed by atoms with van der Waals surface area (Å²) in [6.45, 7) is 2.26. The Balaban J connectivity index is 1.84. The minimum atomic E-state index is 0.252. The lowest BCUT2D eigenvalue weighted by Gasteiger charge is -2.46. The molecule has 0 aromatic rings. The lowest BCUT2D eigenvalue weighted by molar-refractivity contribution is -0.131. The van der Waals surface area contributed by atoms with Crippen LogP contribution in [0.1, 0.15) is 25.7 Å². The van der Waals surface area contributed by atoms with Gasteiger partial charge in [-0.1, -0.05) is 0 Å². The molecule has 0 N–H and O–H groups in total. The molecular formula is C13H23NO3. The van der Waals surface area contributed by atoms with Gasteiger partial charge < -0.3 is 9.47 Å². The molecule has 2 unspecified atom stereocenters. The zero-order chi connectivity index (χ0) is 12.3. The highest BCUT2D eigenvalue weighted by Gasteiger charge is 2.38. The van der Waals surface area contributed by atoms with Gasteiger partial charge in [-0.2, -0.15) is 0 Å². The molecule has 2 atom stereocenters. The first-order chi connectivity index (χ1) is 8.22. The molecule has 0 aromatic carbocycles. The summed E-state index contributed by atoms with van der Waals surface area (Å²) in [5.74, 6) is 0.675. The lowest BCUT2D eigenvalue weighted by atomic mass is 9.82. The van der Waals surface area contributed by atoms with Crippen molar-refractivity contribution in [1.82, 2.24) is 4.90 Å². The summed E-state index contributed by atoms with van der Waals surface area (Å²) < 4.78 is 10.6. The van der Waals surface area contributed by atoms with Gasteiger partial charge in [-0.3, -0.25) is 9.69 Å². The maximum absolute atomic E-state index is 12.1. The molecule has 2 bridgehead atoms. The molecule has 17 heavy (non-hydrogen) atoms. The van der Waals surface area contributed by atoms with Crippen LogP contribution in [0.25, 0.3) is 0 Å². The van der Waals surface area contributed by atoms with Crippen LogP contribution in [-0.4, -0.2) is 56.7 Å². The van der Waals surface area contributed by atoms with Crippen LogP contribution < -0.4 is 0 Å². The molecule has 2 fully saturated rings. The first-order valence-electron chi connectivity index (χ1n) is 6.53. The van der Waals surface area contributed by atoms with Gasteiger partial charge in [0, 0.05) is 38.1 Å². The Morgan fingerprint density at radius 3 is 2.59 bits per heavy atom. The van der Waals surface area contributed by atoms with Gasteiger partial charge in [-0.15, -0.1) is 0 Å². The Morgan fingerprint density at radius 2 is 2.00 bits per heavy atom. The smallest absolute Gasteiger partial charge is 0.136 e. The fraction of sp³-hybridized carbons (Fsp3) is 0.923. The average molecular weight is 241 g/mol. The number of ketones is 1. The van der Waals surface area contributed by atoms with Crippen molar-refractivity contribution in [2.24, 2.45) is 5.92 Å². The summed E-state index contributed by atoms with van der Waals surface area (Å²) in [5.41, 5.74) is 0. The van der Waals surface area contributed by atoms with Crippen molar-refractivity contribution in [2.45, 2.75) is 37.8 Å². The van der Waals surface area contributed by atoms with Gasteiger partial charge in [0.1, 0.15) is 5.78 Å². The molecule has 0 radical (unpaired) electrons. The Morgan fingerprint density at radius 1 is 1.35 bits per heavy atom. The topological polar surface area (TPSA) is 38.8 Å². The van der Waals surface area contributed by atoms with Crippen LogP contribution in [0.3, 0.4) is 0 Å². The van der Waals surface area contributed by atoms with Crippen molar-refractivity contribution in [3.63, 3.8) is 0 Å². The second-order valence-electron chi connectivity index (χ2n) is 5.24. The van der Waals surface area contributed by atoms with Gasteiger partial charge in [0.25, 0.3) is 0 Å². The van der Waals surface area contributed by atoms with Gasteiger partial charge in [0.05, 0.1) is 13.2 Å². The zero-order valence-corrected chi connectivity index (χ0v) is 10.9. The van der Waals surface area contributed by atoms with E-state index in [2.05, 4.69) is 11.9 Å². The molecule has 0 aliphatic carbocycles. The molecule has 2 rings (SSSR count). The third-order valence-corrected chi connectivity index (χ3v) is 4.11. The van der Waals surface area contributed by atoms with E-state index in [0.29, 0.717) is 30.9 Å². The second kappa shape index (κ2) is 5.94. The molecule has 4 heteroatoms. The fourth-order valence-electron chi connectivity index (χ4n) is 2.95. The van der Waals surface area contributed by atoms with E-state index in [1.165, 1.54) is 0 Å². The van der Waals surface area contributed by atoms with E-state index < -0.39 is 0 Å². The number of rotatable bonds is 5. The summed E-state index contributed by atoms with van der Waals surface area (Å²) >= 11 is 0. The first-order valence-corrected chi connectivity index (χ1v) is 6.53. The predicted molar refractivity (Wildman–Crippen MR) is 65.0 cm³/mol. The summed E-state index contributed by atoms with van der Waals surface area (Å²) in [6, 6.07) is 0.887. The van der Waals surface area contributed by atoms with Crippen molar-refractivity contribution in [1.29, 1.82) is 0 Å². The largest absolute Gasteiger partial charge is 0.385 e. The quantitative estimate of drug-likeness (QED) is 0.675. The van der Waals surface area contributed by atoms with Gasteiger partial charge >= 0.3 is 0 Å². The van der Waals surface area contributed by atoms with Crippen molar-refractivity contribution < 1.29 is 14.3 Å². The van der Waals surface area contributed by atoms with E-state index in [0.717, 1.165) is 32.5 Å². The first kappa shape index (κ1) is 13.0. The van der Waals surface area contributed by atoms with Crippen LogP contribution >= 0.6 is 0 Å². The van der Waals surface area contributed by atoms with Crippen LogP contribution in [0, 0.1) is 5.92 Å². The molecule has 0 amide bonds. The molecule has 98 valence electrons. The molecule has 2 aliphatic rings. The Hall–Kier alpha value is -0.450. The molecular weight excluding hydrogens is 218 g/mol. The molecule has 2 aliphatic heterocycles. The Bertz CT molecular complexity index is 255. The normalized spacial score (nSPS) is 33.6. The number of methoxy groups -OCH3 is 1. The number of morpholine rings is 1. The van der Waals surface area contributed by atoms with Gasteiger partial charge in [0.15, 0.2) is 0 Å². The van der Waals surface area contributed by atoms with E-state index in [1.54, 1.807) is 7.11 Å². The molecule has 4 nitrogen and oxygen atoms in total. The number of carbonyl (C=O) groups is 1. The number of Topliss-reactive ketones (excluding diaryl/α,β-unsaturated/α-hetero) is 1. The van der Waals surface area contributed by atoms with Crippen molar-refractivity contribution >= 4 is 5.78 Å². The maximum Gasteiger partial charge on any atom is 0.136 e.